The lowest BCUT2D eigenvalue weighted by atomic mass is 10.0. The van der Waals surface area contributed by atoms with Crippen LogP contribution < -0.4 is 5.73 Å². The molecule has 20 heavy (non-hydrogen) atoms. The number of hydrogen-bond donors (Lipinski definition) is 1. The van der Waals surface area contributed by atoms with Crippen LogP contribution >= 0.6 is 23.4 Å². The third-order valence-corrected chi connectivity index (χ3v) is 5.57. The van der Waals surface area contributed by atoms with Crippen LogP contribution in [0.4, 0.5) is 4.39 Å². The molecule has 0 radical (unpaired) electrons. The van der Waals surface area contributed by atoms with E-state index >= 15 is 0 Å². The molecule has 2 nitrogen and oxygen atoms in total. The summed E-state index contributed by atoms with van der Waals surface area (Å²) in [6.07, 6.45) is 1.07. The van der Waals surface area contributed by atoms with Crippen molar-refractivity contribution in [1.29, 1.82) is 0 Å². The van der Waals surface area contributed by atoms with Crippen LogP contribution in [0.5, 0.6) is 0 Å². The first-order valence-electron chi connectivity index (χ1n) is 6.96. The van der Waals surface area contributed by atoms with Gasteiger partial charge in [0.25, 0.3) is 0 Å². The van der Waals surface area contributed by atoms with E-state index in [9.17, 15) is 4.39 Å². The number of thioether (sulfide) groups is 1. The van der Waals surface area contributed by atoms with Gasteiger partial charge in [0.1, 0.15) is 5.82 Å². The van der Waals surface area contributed by atoms with Gasteiger partial charge in [-0.05, 0) is 18.6 Å². The fourth-order valence-electron chi connectivity index (χ4n) is 2.63. The van der Waals surface area contributed by atoms with Gasteiger partial charge in [-0.2, -0.15) is 11.8 Å². The van der Waals surface area contributed by atoms with Gasteiger partial charge in [0.15, 0.2) is 0 Å². The Labute approximate surface area is 129 Å². The summed E-state index contributed by atoms with van der Waals surface area (Å²) in [5, 5.41) is 0.469. The Hall–Kier alpha value is -0.290. The summed E-state index contributed by atoms with van der Waals surface area (Å²) in [6.45, 7) is 6.74. The zero-order valence-corrected chi connectivity index (χ0v) is 13.6. The van der Waals surface area contributed by atoms with E-state index in [0.29, 0.717) is 17.1 Å². The molecule has 1 aliphatic rings. The molecule has 1 aromatic carbocycles. The van der Waals surface area contributed by atoms with Crippen LogP contribution in [0, 0.1) is 5.82 Å². The predicted molar refractivity (Wildman–Crippen MR) is 85.9 cm³/mol. The van der Waals surface area contributed by atoms with Crippen molar-refractivity contribution in [3.05, 3.63) is 34.6 Å². The van der Waals surface area contributed by atoms with E-state index in [4.69, 9.17) is 17.3 Å². The van der Waals surface area contributed by atoms with Crippen molar-refractivity contribution in [2.24, 2.45) is 5.73 Å². The Morgan fingerprint density at radius 3 is 2.85 bits per heavy atom. The number of nitrogens with zero attached hydrogens (tertiary/aromatic N) is 1. The van der Waals surface area contributed by atoms with Crippen LogP contribution in [0.25, 0.3) is 0 Å². The molecule has 0 bridgehead atoms. The number of halogens is 2. The van der Waals surface area contributed by atoms with Crippen molar-refractivity contribution in [2.45, 2.75) is 31.1 Å². The van der Waals surface area contributed by atoms with Crippen molar-refractivity contribution in [2.75, 3.05) is 25.4 Å². The maximum Gasteiger partial charge on any atom is 0.129 e. The number of benzene rings is 1. The van der Waals surface area contributed by atoms with Crippen molar-refractivity contribution >= 4 is 23.4 Å². The van der Waals surface area contributed by atoms with Gasteiger partial charge in [-0.15, -0.1) is 0 Å². The van der Waals surface area contributed by atoms with Gasteiger partial charge in [-0.25, -0.2) is 4.39 Å². The summed E-state index contributed by atoms with van der Waals surface area (Å²) < 4.78 is 14.4. The lowest BCUT2D eigenvalue weighted by molar-refractivity contribution is 0.207. The Morgan fingerprint density at radius 1 is 1.45 bits per heavy atom. The molecular formula is C15H22ClFN2S. The highest BCUT2D eigenvalue weighted by Gasteiger charge is 2.29. The molecule has 112 valence electrons. The molecule has 1 heterocycles. The molecule has 1 aromatic rings. The van der Waals surface area contributed by atoms with Crippen LogP contribution in [0.3, 0.4) is 0 Å². The van der Waals surface area contributed by atoms with Crippen molar-refractivity contribution in [1.82, 2.24) is 4.90 Å². The molecule has 1 fully saturated rings. The average Bonchev–Trinajstić information content (AvgIpc) is 2.55. The molecule has 0 aromatic heterocycles. The minimum Gasteiger partial charge on any atom is -0.329 e. The van der Waals surface area contributed by atoms with Gasteiger partial charge >= 0.3 is 0 Å². The van der Waals surface area contributed by atoms with Gasteiger partial charge < -0.3 is 5.73 Å². The predicted octanol–water partition coefficient (Wildman–Crippen LogP) is 3.70. The van der Waals surface area contributed by atoms with Crippen molar-refractivity contribution < 1.29 is 4.39 Å². The molecule has 0 aliphatic carbocycles. The van der Waals surface area contributed by atoms with Gasteiger partial charge in [-0.1, -0.05) is 31.5 Å². The quantitative estimate of drug-likeness (QED) is 0.922. The zero-order chi connectivity index (χ0) is 14.8. The third-order valence-electron chi connectivity index (χ3n) is 3.87. The summed E-state index contributed by atoms with van der Waals surface area (Å²) >= 11 is 8.16. The molecule has 1 saturated heterocycles. The summed E-state index contributed by atoms with van der Waals surface area (Å²) in [7, 11) is 0. The van der Waals surface area contributed by atoms with E-state index in [1.165, 1.54) is 6.07 Å². The van der Waals surface area contributed by atoms with Crippen LogP contribution in [-0.2, 0) is 0 Å². The molecule has 2 N–H and O–H groups in total. The molecule has 1 aliphatic heterocycles. The number of nitrogens with two attached hydrogens (primary N) is 1. The molecule has 0 spiro atoms. The summed E-state index contributed by atoms with van der Waals surface area (Å²) in [4.78, 5) is 2.27. The van der Waals surface area contributed by atoms with E-state index in [1.807, 2.05) is 11.8 Å². The highest BCUT2D eigenvalue weighted by molar-refractivity contribution is 8.00. The van der Waals surface area contributed by atoms with E-state index in [1.54, 1.807) is 12.1 Å². The van der Waals surface area contributed by atoms with Crippen LogP contribution in [-0.4, -0.2) is 35.0 Å². The Kier molecular flexibility index (Phi) is 5.35. The normalized spacial score (nSPS) is 21.4. The summed E-state index contributed by atoms with van der Waals surface area (Å²) in [5.74, 6) is 0.777. The van der Waals surface area contributed by atoms with E-state index in [2.05, 4.69) is 18.7 Å². The first kappa shape index (κ1) is 16.1. The fourth-order valence-corrected chi connectivity index (χ4v) is 4.03. The maximum atomic E-state index is 14.1. The third kappa shape index (κ3) is 3.67. The van der Waals surface area contributed by atoms with Gasteiger partial charge in [0.2, 0.25) is 0 Å². The SMILES string of the molecule is CC1(C)CCN(C(CN)c2c(F)cccc2Cl)CCS1. The largest absolute Gasteiger partial charge is 0.329 e. The fraction of sp³-hybridized carbons (Fsp3) is 0.600. The minimum absolute atomic E-state index is 0.141. The van der Waals surface area contributed by atoms with E-state index < -0.39 is 0 Å². The lowest BCUT2D eigenvalue weighted by Crippen LogP contribution is -2.36. The minimum atomic E-state index is -0.260. The smallest absolute Gasteiger partial charge is 0.129 e. The van der Waals surface area contributed by atoms with Crippen molar-refractivity contribution in [3.8, 4) is 0 Å². The van der Waals surface area contributed by atoms with Crippen LogP contribution in [0.15, 0.2) is 18.2 Å². The summed E-state index contributed by atoms with van der Waals surface area (Å²) in [5.41, 5.74) is 6.46. The average molecular weight is 317 g/mol. The number of rotatable bonds is 3. The Morgan fingerprint density at radius 2 is 2.20 bits per heavy atom. The van der Waals surface area contributed by atoms with Gasteiger partial charge in [0.05, 0.1) is 6.04 Å². The first-order valence-corrected chi connectivity index (χ1v) is 8.33. The van der Waals surface area contributed by atoms with E-state index in [-0.39, 0.29) is 16.6 Å². The topological polar surface area (TPSA) is 29.3 Å². The van der Waals surface area contributed by atoms with Gasteiger partial charge in [0, 0.05) is 40.7 Å². The maximum absolute atomic E-state index is 14.1. The Balaban J connectivity index is 2.24. The molecule has 5 heteroatoms. The van der Waals surface area contributed by atoms with E-state index in [0.717, 1.165) is 25.3 Å². The second kappa shape index (κ2) is 6.65. The van der Waals surface area contributed by atoms with Crippen molar-refractivity contribution in [3.63, 3.8) is 0 Å². The molecular weight excluding hydrogens is 295 g/mol. The summed E-state index contributed by atoms with van der Waals surface area (Å²) in [6, 6.07) is 4.69. The lowest BCUT2D eigenvalue weighted by Gasteiger charge is -2.31. The first-order chi connectivity index (χ1) is 9.44. The van der Waals surface area contributed by atoms with Crippen LogP contribution in [0.1, 0.15) is 31.9 Å². The standard InChI is InChI=1S/C15H22ClFN2S/c1-15(2)6-7-19(8-9-20-15)13(10-18)14-11(16)4-3-5-12(14)17/h3-5,13H,6-10,18H2,1-2H3. The molecule has 2 rings (SSSR count). The molecule has 1 unspecified atom stereocenters. The number of hydrogen-bond acceptors (Lipinski definition) is 3. The highest BCUT2D eigenvalue weighted by Crippen LogP contribution is 2.35. The highest BCUT2D eigenvalue weighted by atomic mass is 35.5. The van der Waals surface area contributed by atoms with Crippen LogP contribution in [0.2, 0.25) is 5.02 Å². The second-order valence-electron chi connectivity index (χ2n) is 5.78. The Bertz CT molecular complexity index is 447. The second-order valence-corrected chi connectivity index (χ2v) is 7.99. The monoisotopic (exact) mass is 316 g/mol. The molecule has 1 atom stereocenters. The molecule has 0 amide bonds. The van der Waals surface area contributed by atoms with Gasteiger partial charge in [-0.3, -0.25) is 4.90 Å². The molecule has 0 saturated carbocycles. The zero-order valence-electron chi connectivity index (χ0n) is 12.0.